The van der Waals surface area contributed by atoms with E-state index in [0.717, 1.165) is 11.8 Å². The fraction of sp³-hybridized carbons (Fsp3) is 0. The number of nitrogens with one attached hydrogen (secondary N) is 1. The van der Waals surface area contributed by atoms with Crippen LogP contribution >= 0.6 is 11.8 Å². The van der Waals surface area contributed by atoms with Crippen molar-refractivity contribution in [3.05, 3.63) is 52.8 Å². The Morgan fingerprint density at radius 2 is 2.17 bits per heavy atom. The number of benzene rings is 1. The zero-order valence-electron chi connectivity index (χ0n) is 11.5. The molecule has 0 unspecified atom stereocenters. The summed E-state index contributed by atoms with van der Waals surface area (Å²) in [5, 5.41) is 21.3. The average molecular weight is 330 g/mol. The second-order valence-electron chi connectivity index (χ2n) is 4.50. The van der Waals surface area contributed by atoms with E-state index in [0.29, 0.717) is 21.5 Å². The monoisotopic (exact) mass is 330 g/mol. The first-order valence-corrected chi connectivity index (χ1v) is 7.24. The number of hydrogen-bond donors (Lipinski definition) is 3. The van der Waals surface area contributed by atoms with Gasteiger partial charge >= 0.3 is 5.97 Å². The number of carbonyl (C=O) groups excluding carboxylic acids is 1. The minimum Gasteiger partial charge on any atom is -0.507 e. The normalized spacial score (nSPS) is 17.7. The second-order valence-corrected chi connectivity index (χ2v) is 5.53. The number of aromatic hydroxyl groups is 1. The van der Waals surface area contributed by atoms with Crippen molar-refractivity contribution in [3.8, 4) is 5.75 Å². The molecule has 1 saturated heterocycles. The van der Waals surface area contributed by atoms with E-state index in [1.54, 1.807) is 18.2 Å². The standard InChI is InChI=1S/C15H10N2O5S/c18-11-4-3-8(6-10(11)14(20)21)16-15-17-13(19)12(23-15)7-9-2-1-5-22-9/h1-7,18H,(H,20,21)(H,16,17,19). The highest BCUT2D eigenvalue weighted by Gasteiger charge is 2.24. The highest BCUT2D eigenvalue weighted by Crippen LogP contribution is 2.29. The van der Waals surface area contributed by atoms with Crippen molar-refractivity contribution < 1.29 is 24.2 Å². The van der Waals surface area contributed by atoms with Gasteiger partial charge in [-0.05, 0) is 42.1 Å². The van der Waals surface area contributed by atoms with Crippen LogP contribution in [0.15, 0.2) is 50.9 Å². The first-order chi connectivity index (χ1) is 11.0. The van der Waals surface area contributed by atoms with E-state index in [1.165, 1.54) is 24.5 Å². The number of phenols is 1. The van der Waals surface area contributed by atoms with Crippen molar-refractivity contribution in [1.82, 2.24) is 5.32 Å². The Balaban J connectivity index is 1.86. The lowest BCUT2D eigenvalue weighted by Crippen LogP contribution is -2.19. The second kappa shape index (κ2) is 6.01. The van der Waals surface area contributed by atoms with Crippen LogP contribution in [0.3, 0.4) is 0 Å². The molecule has 2 heterocycles. The largest absolute Gasteiger partial charge is 0.507 e. The van der Waals surface area contributed by atoms with Crippen LogP contribution in [0.5, 0.6) is 5.75 Å². The molecule has 3 N–H and O–H groups in total. The third kappa shape index (κ3) is 3.27. The van der Waals surface area contributed by atoms with Gasteiger partial charge in [-0.2, -0.15) is 0 Å². The van der Waals surface area contributed by atoms with E-state index in [2.05, 4.69) is 10.3 Å². The van der Waals surface area contributed by atoms with Gasteiger partial charge in [-0.3, -0.25) is 4.79 Å². The molecule has 7 nitrogen and oxygen atoms in total. The summed E-state index contributed by atoms with van der Waals surface area (Å²) in [6.45, 7) is 0. The predicted octanol–water partition coefficient (Wildman–Crippen LogP) is 2.58. The lowest BCUT2D eigenvalue weighted by Gasteiger charge is -2.01. The van der Waals surface area contributed by atoms with Crippen LogP contribution in [-0.2, 0) is 4.79 Å². The van der Waals surface area contributed by atoms with Gasteiger partial charge in [0.1, 0.15) is 17.1 Å². The van der Waals surface area contributed by atoms with Crippen LogP contribution in [0.1, 0.15) is 16.1 Å². The summed E-state index contributed by atoms with van der Waals surface area (Å²) in [4.78, 5) is 27.5. The number of carbonyl (C=O) groups is 2. The minimum absolute atomic E-state index is 0.257. The molecule has 0 atom stereocenters. The van der Waals surface area contributed by atoms with Crippen LogP contribution in [0.4, 0.5) is 5.69 Å². The summed E-state index contributed by atoms with van der Waals surface area (Å²) in [7, 11) is 0. The summed E-state index contributed by atoms with van der Waals surface area (Å²) in [6, 6.07) is 7.35. The lowest BCUT2D eigenvalue weighted by atomic mass is 10.2. The Bertz CT molecular complexity index is 840. The lowest BCUT2D eigenvalue weighted by molar-refractivity contribution is -0.115. The highest BCUT2D eigenvalue weighted by atomic mass is 32.2. The molecular weight excluding hydrogens is 320 g/mol. The van der Waals surface area contributed by atoms with Crippen molar-refractivity contribution in [2.24, 2.45) is 4.99 Å². The van der Waals surface area contributed by atoms with Crippen LogP contribution in [0.25, 0.3) is 6.08 Å². The van der Waals surface area contributed by atoms with Gasteiger partial charge in [0.25, 0.3) is 5.91 Å². The van der Waals surface area contributed by atoms with Crippen LogP contribution < -0.4 is 5.32 Å². The summed E-state index contributed by atoms with van der Waals surface area (Å²) < 4.78 is 5.15. The van der Waals surface area contributed by atoms with Crippen molar-refractivity contribution in [3.63, 3.8) is 0 Å². The van der Waals surface area contributed by atoms with E-state index in [-0.39, 0.29) is 17.2 Å². The fourth-order valence-corrected chi connectivity index (χ4v) is 2.69. The number of aliphatic imine (C=N–C) groups is 1. The molecule has 116 valence electrons. The fourth-order valence-electron chi connectivity index (χ4n) is 1.87. The number of carboxylic acid groups (broad SMARTS) is 1. The van der Waals surface area contributed by atoms with E-state index in [1.807, 2.05) is 0 Å². The van der Waals surface area contributed by atoms with Crippen molar-refractivity contribution in [2.75, 3.05) is 0 Å². The number of furan rings is 1. The maximum Gasteiger partial charge on any atom is 0.339 e. The summed E-state index contributed by atoms with van der Waals surface area (Å²) in [5.41, 5.74) is 0.0507. The van der Waals surface area contributed by atoms with Gasteiger partial charge in [0, 0.05) is 6.08 Å². The van der Waals surface area contributed by atoms with Gasteiger partial charge in [0.05, 0.1) is 16.9 Å². The van der Waals surface area contributed by atoms with Crippen LogP contribution in [0, 0.1) is 0 Å². The number of carboxylic acids is 1. The first kappa shape index (κ1) is 14.9. The third-order valence-electron chi connectivity index (χ3n) is 2.91. The number of amidine groups is 1. The van der Waals surface area contributed by atoms with E-state index in [9.17, 15) is 14.7 Å². The maximum atomic E-state index is 11.9. The zero-order valence-corrected chi connectivity index (χ0v) is 12.3. The van der Waals surface area contributed by atoms with E-state index < -0.39 is 5.97 Å². The van der Waals surface area contributed by atoms with E-state index >= 15 is 0 Å². The van der Waals surface area contributed by atoms with Gasteiger partial charge in [0.15, 0.2) is 5.17 Å². The van der Waals surface area contributed by atoms with Crippen LogP contribution in [0.2, 0.25) is 0 Å². The molecule has 3 rings (SSSR count). The quantitative estimate of drug-likeness (QED) is 0.746. The number of nitrogens with zero attached hydrogens (tertiary/aromatic N) is 1. The molecule has 1 aliphatic rings. The number of rotatable bonds is 3. The molecule has 1 aromatic carbocycles. The zero-order chi connectivity index (χ0) is 16.4. The molecule has 2 aromatic rings. The summed E-state index contributed by atoms with van der Waals surface area (Å²) >= 11 is 1.11. The Kier molecular flexibility index (Phi) is 3.90. The molecule has 1 amide bonds. The Morgan fingerprint density at radius 3 is 2.87 bits per heavy atom. The highest BCUT2D eigenvalue weighted by molar-refractivity contribution is 8.18. The van der Waals surface area contributed by atoms with Gasteiger partial charge in [0.2, 0.25) is 0 Å². The number of aromatic carboxylic acids is 1. The predicted molar refractivity (Wildman–Crippen MR) is 84.6 cm³/mol. The van der Waals surface area contributed by atoms with E-state index in [4.69, 9.17) is 9.52 Å². The molecule has 0 saturated carbocycles. The topological polar surface area (TPSA) is 112 Å². The SMILES string of the molecule is O=C1NC(=Nc2ccc(O)c(C(=O)O)c2)SC1=Cc1ccco1. The molecular formula is C15H10N2O5S. The number of thioether (sulfide) groups is 1. The Labute approximate surface area is 134 Å². The number of hydrogen-bond acceptors (Lipinski definition) is 6. The molecule has 1 aromatic heterocycles. The van der Waals surface area contributed by atoms with Gasteiger partial charge < -0.3 is 19.9 Å². The molecule has 8 heteroatoms. The van der Waals surface area contributed by atoms with Crippen molar-refractivity contribution in [2.45, 2.75) is 0 Å². The van der Waals surface area contributed by atoms with Gasteiger partial charge in [-0.15, -0.1) is 0 Å². The maximum absolute atomic E-state index is 11.9. The molecule has 1 fully saturated rings. The minimum atomic E-state index is -1.26. The molecule has 0 aliphatic carbocycles. The molecule has 1 aliphatic heterocycles. The van der Waals surface area contributed by atoms with Crippen molar-refractivity contribution >= 4 is 40.6 Å². The molecule has 23 heavy (non-hydrogen) atoms. The average Bonchev–Trinajstić information content (AvgIpc) is 3.12. The third-order valence-corrected chi connectivity index (χ3v) is 3.82. The van der Waals surface area contributed by atoms with Gasteiger partial charge in [-0.1, -0.05) is 0 Å². The summed E-state index contributed by atoms with van der Waals surface area (Å²) in [5.74, 6) is -1.38. The Morgan fingerprint density at radius 1 is 1.35 bits per heavy atom. The smallest absolute Gasteiger partial charge is 0.339 e. The summed E-state index contributed by atoms with van der Waals surface area (Å²) in [6.07, 6.45) is 3.09. The van der Waals surface area contributed by atoms with Crippen LogP contribution in [-0.4, -0.2) is 27.3 Å². The Hall–Kier alpha value is -3.00. The number of amides is 1. The molecule has 0 bridgehead atoms. The molecule has 0 spiro atoms. The first-order valence-electron chi connectivity index (χ1n) is 6.42. The van der Waals surface area contributed by atoms with Crippen molar-refractivity contribution in [1.29, 1.82) is 0 Å². The molecule has 0 radical (unpaired) electrons. The van der Waals surface area contributed by atoms with Gasteiger partial charge in [-0.25, -0.2) is 9.79 Å².